The predicted molar refractivity (Wildman–Crippen MR) is 147 cm³/mol. The molecule has 0 bridgehead atoms. The number of benzene rings is 2. The molecule has 1 saturated heterocycles. The third kappa shape index (κ3) is 4.85. The predicted octanol–water partition coefficient (Wildman–Crippen LogP) is 2.79. The van der Waals surface area contributed by atoms with Crippen LogP contribution in [0.2, 0.25) is 0 Å². The van der Waals surface area contributed by atoms with Crippen LogP contribution in [0.15, 0.2) is 77.4 Å². The van der Waals surface area contributed by atoms with Crippen LogP contribution in [0.5, 0.6) is 11.5 Å². The van der Waals surface area contributed by atoms with Gasteiger partial charge in [-0.15, -0.1) is 0 Å². The first-order chi connectivity index (χ1) is 18.7. The number of fused-ring (bicyclic) bond motifs is 1. The van der Waals surface area contributed by atoms with Gasteiger partial charge in [-0.2, -0.15) is 5.26 Å². The lowest BCUT2D eigenvalue weighted by Crippen LogP contribution is -2.53. The van der Waals surface area contributed by atoms with E-state index in [9.17, 15) is 14.9 Å². The molecule has 1 amide bonds. The number of nitrogen functional groups attached to an aromatic ring is 1. The molecule has 1 aliphatic rings. The van der Waals surface area contributed by atoms with Gasteiger partial charge in [0.25, 0.3) is 5.91 Å². The van der Waals surface area contributed by atoms with E-state index in [1.54, 1.807) is 46.9 Å². The molecule has 1 aliphatic heterocycles. The number of imidazole rings is 1. The molecule has 11 nitrogen and oxygen atoms in total. The van der Waals surface area contributed by atoms with E-state index >= 15 is 0 Å². The van der Waals surface area contributed by atoms with Crippen LogP contribution in [-0.4, -0.2) is 55.6 Å². The number of anilines is 1. The number of carbonyl (C=O) groups is 1. The summed E-state index contributed by atoms with van der Waals surface area (Å²) in [6.07, 6.45) is 2.92. The van der Waals surface area contributed by atoms with Gasteiger partial charge in [-0.1, -0.05) is 18.2 Å². The van der Waals surface area contributed by atoms with Crippen LogP contribution in [0.4, 0.5) is 5.82 Å². The van der Waals surface area contributed by atoms with Gasteiger partial charge >= 0.3 is 5.69 Å². The normalized spacial score (nSPS) is 14.2. The molecule has 0 radical (unpaired) electrons. The highest BCUT2D eigenvalue weighted by Crippen LogP contribution is 2.29. The Balaban J connectivity index is 1.44. The molecular weight excluding hydrogens is 496 g/mol. The summed E-state index contributed by atoms with van der Waals surface area (Å²) >= 11 is 0. The smallest absolute Gasteiger partial charge is 0.335 e. The van der Waals surface area contributed by atoms with Crippen molar-refractivity contribution in [2.45, 2.75) is 25.4 Å². The summed E-state index contributed by atoms with van der Waals surface area (Å²) in [4.78, 5) is 36.7. The fraction of sp³-hybridized carbons (Fsp3) is 0.250. The van der Waals surface area contributed by atoms with Crippen LogP contribution in [0.25, 0.3) is 16.9 Å². The Bertz CT molecular complexity index is 1660. The van der Waals surface area contributed by atoms with Gasteiger partial charge in [0, 0.05) is 18.6 Å². The highest BCUT2D eigenvalue weighted by atomic mass is 16.5. The molecule has 0 saturated carbocycles. The number of nitriles is 1. The summed E-state index contributed by atoms with van der Waals surface area (Å²) in [5.74, 6) is 1.10. The molecule has 0 unspecified atom stereocenters. The number of likely N-dealkylation sites (tertiary alicyclic amines) is 1. The van der Waals surface area contributed by atoms with Gasteiger partial charge in [0.1, 0.15) is 35.0 Å². The molecule has 5 rings (SSSR count). The van der Waals surface area contributed by atoms with Crippen LogP contribution in [-0.2, 0) is 4.79 Å². The number of likely N-dealkylation sites (N-methyl/N-ethyl adjacent to an activating group) is 1. The zero-order valence-electron chi connectivity index (χ0n) is 21.8. The Kier molecular flexibility index (Phi) is 6.64. The maximum atomic E-state index is 13.7. The first-order valence-corrected chi connectivity index (χ1v) is 12.4. The summed E-state index contributed by atoms with van der Waals surface area (Å²) in [7, 11) is 1.76. The average Bonchev–Trinajstić information content (AvgIpc) is 3.20. The van der Waals surface area contributed by atoms with Crippen LogP contribution < -0.4 is 21.5 Å². The van der Waals surface area contributed by atoms with Crippen molar-refractivity contribution in [3.8, 4) is 23.3 Å². The van der Waals surface area contributed by atoms with E-state index < -0.39 is 5.54 Å². The van der Waals surface area contributed by atoms with Crippen molar-refractivity contribution in [1.29, 1.82) is 5.26 Å². The largest absolute Gasteiger partial charge is 0.457 e. The van der Waals surface area contributed by atoms with Crippen molar-refractivity contribution >= 4 is 22.9 Å². The minimum Gasteiger partial charge on any atom is -0.457 e. The molecule has 2 aromatic heterocycles. The van der Waals surface area contributed by atoms with E-state index in [2.05, 4.69) is 15.3 Å². The number of aromatic nitrogens is 4. The molecule has 0 atom stereocenters. The van der Waals surface area contributed by atoms with Crippen molar-refractivity contribution in [2.75, 3.05) is 25.9 Å². The van der Waals surface area contributed by atoms with E-state index in [1.807, 2.05) is 50.2 Å². The van der Waals surface area contributed by atoms with Crippen molar-refractivity contribution in [1.82, 2.24) is 29.3 Å². The quantitative estimate of drug-likeness (QED) is 0.277. The number of nitrogens with zero attached hydrogens (tertiary/aromatic N) is 6. The van der Waals surface area contributed by atoms with Crippen molar-refractivity contribution in [3.05, 3.63) is 83.1 Å². The van der Waals surface area contributed by atoms with Crippen molar-refractivity contribution < 1.29 is 9.53 Å². The number of carbonyl (C=O) groups excluding carboxylic acids is 1. The van der Waals surface area contributed by atoms with Gasteiger partial charge in [0.15, 0.2) is 11.5 Å². The number of nitrogens with one attached hydrogen (secondary N) is 1. The van der Waals surface area contributed by atoms with Gasteiger partial charge in [-0.3, -0.25) is 13.9 Å². The Morgan fingerprint density at radius 3 is 2.44 bits per heavy atom. The van der Waals surface area contributed by atoms with E-state index in [4.69, 9.17) is 10.5 Å². The highest BCUT2D eigenvalue weighted by Gasteiger charge is 2.37. The second-order valence-electron chi connectivity index (χ2n) is 9.83. The molecule has 1 fully saturated rings. The minimum absolute atomic E-state index is 0.0481. The summed E-state index contributed by atoms with van der Waals surface area (Å²) < 4.78 is 8.88. The first-order valence-electron chi connectivity index (χ1n) is 12.4. The molecule has 0 aliphatic carbocycles. The number of hydrogen-bond acceptors (Lipinski definition) is 8. The third-order valence-corrected chi connectivity index (χ3v) is 6.77. The van der Waals surface area contributed by atoms with Gasteiger partial charge in [0.05, 0.1) is 11.7 Å². The summed E-state index contributed by atoms with van der Waals surface area (Å²) in [6, 6.07) is 18.1. The van der Waals surface area contributed by atoms with Gasteiger partial charge < -0.3 is 20.7 Å². The number of para-hydroxylation sites is 1. The highest BCUT2D eigenvalue weighted by molar-refractivity contribution is 5.98. The second kappa shape index (κ2) is 10.1. The van der Waals surface area contributed by atoms with E-state index in [-0.39, 0.29) is 42.1 Å². The SMILES string of the molecule is CNC(C)(C)C=C(C#N)C(=O)N1CC(n2c(=O)n(-c3ccc(Oc4ccccc4)cc3)c3c(N)ncnc32)C1. The molecule has 3 N–H and O–H groups in total. The minimum atomic E-state index is -0.522. The molecule has 39 heavy (non-hydrogen) atoms. The maximum Gasteiger partial charge on any atom is 0.335 e. The summed E-state index contributed by atoms with van der Waals surface area (Å²) in [5, 5.41) is 12.6. The zero-order valence-corrected chi connectivity index (χ0v) is 21.8. The molecular formula is C28H28N8O3. The van der Waals surface area contributed by atoms with Crippen LogP contribution in [0.1, 0.15) is 19.9 Å². The number of ether oxygens (including phenoxy) is 1. The number of nitrogens with two attached hydrogens (primary N) is 1. The van der Waals surface area contributed by atoms with E-state index in [1.165, 1.54) is 10.9 Å². The number of rotatable bonds is 7. The Hall–Kier alpha value is -4.95. The lowest BCUT2D eigenvalue weighted by Gasteiger charge is -2.39. The van der Waals surface area contributed by atoms with E-state index in [0.717, 1.165) is 0 Å². The number of amides is 1. The van der Waals surface area contributed by atoms with Gasteiger partial charge in [-0.05, 0) is 63.4 Å². The third-order valence-electron chi connectivity index (χ3n) is 6.77. The molecule has 198 valence electrons. The maximum absolute atomic E-state index is 13.7. The van der Waals surface area contributed by atoms with Gasteiger partial charge in [-0.25, -0.2) is 14.8 Å². The average molecular weight is 525 g/mol. The fourth-order valence-electron chi connectivity index (χ4n) is 4.45. The lowest BCUT2D eigenvalue weighted by molar-refractivity contribution is -0.132. The molecule has 11 heteroatoms. The standard InChI is InChI=1S/C28H28N8O3/c1-28(2,31-3)13-18(14-29)26(37)34-15-20(16-34)36-25-23(24(30)32-17-33-25)35(27(36)38)19-9-11-22(12-10-19)39-21-7-5-4-6-8-21/h4-13,17,20,31H,15-16H2,1-3H3,(H2,30,32,33). The molecule has 2 aromatic carbocycles. The topological polar surface area (TPSA) is 144 Å². The van der Waals surface area contributed by atoms with Crippen LogP contribution in [0, 0.1) is 11.3 Å². The molecule has 0 spiro atoms. The van der Waals surface area contributed by atoms with Crippen molar-refractivity contribution in [2.24, 2.45) is 0 Å². The summed E-state index contributed by atoms with van der Waals surface area (Å²) in [6.45, 7) is 4.25. The second-order valence-corrected chi connectivity index (χ2v) is 9.83. The monoisotopic (exact) mass is 524 g/mol. The van der Waals surface area contributed by atoms with E-state index in [0.29, 0.717) is 28.4 Å². The Labute approximate surface area is 224 Å². The summed E-state index contributed by atoms with van der Waals surface area (Å²) in [5.41, 5.74) is 6.72. The first kappa shape index (κ1) is 25.7. The van der Waals surface area contributed by atoms with Crippen LogP contribution in [0.3, 0.4) is 0 Å². The fourth-order valence-corrected chi connectivity index (χ4v) is 4.45. The zero-order chi connectivity index (χ0) is 27.7. The Morgan fingerprint density at radius 1 is 1.13 bits per heavy atom. The van der Waals surface area contributed by atoms with Crippen LogP contribution >= 0.6 is 0 Å². The van der Waals surface area contributed by atoms with Crippen molar-refractivity contribution in [3.63, 3.8) is 0 Å². The number of hydrogen-bond donors (Lipinski definition) is 2. The molecule has 4 aromatic rings. The lowest BCUT2D eigenvalue weighted by atomic mass is 9.99. The molecule has 3 heterocycles. The Morgan fingerprint density at radius 2 is 1.79 bits per heavy atom. The van der Waals surface area contributed by atoms with Gasteiger partial charge in [0.2, 0.25) is 0 Å².